The van der Waals surface area contributed by atoms with Gasteiger partial charge in [-0.25, -0.2) is 9.37 Å². The molecule has 0 amide bonds. The maximum atomic E-state index is 13.1. The fraction of sp³-hybridized carbons (Fsp3) is 0.0833. The second kappa shape index (κ2) is 5.02. The van der Waals surface area contributed by atoms with E-state index in [1.165, 1.54) is 12.1 Å². The summed E-state index contributed by atoms with van der Waals surface area (Å²) in [4.78, 5) is 5.94. The van der Waals surface area contributed by atoms with Gasteiger partial charge in [0.1, 0.15) is 5.82 Å². The Bertz CT molecular complexity index is 548. The van der Waals surface area contributed by atoms with E-state index >= 15 is 0 Å². The molecule has 17 heavy (non-hydrogen) atoms. The number of aromatic nitrogens is 1. The van der Waals surface area contributed by atoms with E-state index in [0.717, 1.165) is 4.47 Å². The molecule has 0 radical (unpaired) electrons. The lowest BCUT2D eigenvalue weighted by atomic mass is 10.3. The van der Waals surface area contributed by atoms with Crippen molar-refractivity contribution in [2.75, 3.05) is 11.9 Å². The minimum atomic E-state index is -0.289. The lowest BCUT2D eigenvalue weighted by Crippen LogP contribution is -2.11. The van der Waals surface area contributed by atoms with Gasteiger partial charge in [-0.2, -0.15) is 0 Å². The first-order valence-electron chi connectivity index (χ1n) is 4.88. The van der Waals surface area contributed by atoms with Crippen LogP contribution in [0.5, 0.6) is 0 Å². The van der Waals surface area contributed by atoms with Crippen LogP contribution in [0.25, 0.3) is 0 Å². The minimum Gasteiger partial charge on any atom is -0.328 e. The van der Waals surface area contributed by atoms with E-state index in [1.54, 1.807) is 36.3 Å². The van der Waals surface area contributed by atoms with Gasteiger partial charge in [-0.05, 0) is 40.2 Å². The van der Waals surface area contributed by atoms with Crippen molar-refractivity contribution in [1.82, 2.24) is 4.98 Å². The highest BCUT2D eigenvalue weighted by Crippen LogP contribution is 2.30. The first kappa shape index (κ1) is 12.3. The molecule has 88 valence electrons. The van der Waals surface area contributed by atoms with Gasteiger partial charge in [0.2, 0.25) is 0 Å². The second-order valence-corrected chi connectivity index (χ2v) is 4.82. The number of pyridine rings is 1. The van der Waals surface area contributed by atoms with Crippen LogP contribution in [0.2, 0.25) is 5.02 Å². The summed E-state index contributed by atoms with van der Waals surface area (Å²) in [5, 5.41) is 0.506. The highest BCUT2D eigenvalue weighted by molar-refractivity contribution is 9.10. The molecule has 0 bridgehead atoms. The van der Waals surface area contributed by atoms with Crippen LogP contribution in [-0.4, -0.2) is 12.0 Å². The fourth-order valence-corrected chi connectivity index (χ4v) is 2.22. The van der Waals surface area contributed by atoms with Crippen molar-refractivity contribution < 1.29 is 4.39 Å². The zero-order chi connectivity index (χ0) is 12.4. The normalized spacial score (nSPS) is 10.4. The third-order valence-corrected chi connectivity index (χ3v) is 3.01. The number of anilines is 2. The molecule has 2 nitrogen and oxygen atoms in total. The molecule has 1 aromatic carbocycles. The lowest BCUT2D eigenvalue weighted by molar-refractivity contribution is 0.628. The van der Waals surface area contributed by atoms with Crippen LogP contribution >= 0.6 is 27.5 Å². The molecule has 1 heterocycles. The molecule has 0 atom stereocenters. The van der Waals surface area contributed by atoms with E-state index in [2.05, 4.69) is 20.9 Å². The fourth-order valence-electron chi connectivity index (χ4n) is 1.46. The Hall–Kier alpha value is -1.13. The average Bonchev–Trinajstić information content (AvgIpc) is 2.28. The first-order chi connectivity index (χ1) is 8.08. The number of nitrogens with zero attached hydrogens (tertiary/aromatic N) is 2. The summed E-state index contributed by atoms with van der Waals surface area (Å²) < 4.78 is 13.9. The first-order valence-corrected chi connectivity index (χ1v) is 6.05. The molecule has 1 aromatic heterocycles. The van der Waals surface area contributed by atoms with Gasteiger partial charge in [0.25, 0.3) is 0 Å². The van der Waals surface area contributed by atoms with E-state index in [9.17, 15) is 4.39 Å². The molecule has 5 heteroatoms. The monoisotopic (exact) mass is 314 g/mol. The maximum Gasteiger partial charge on any atom is 0.151 e. The van der Waals surface area contributed by atoms with Crippen LogP contribution < -0.4 is 4.90 Å². The highest BCUT2D eigenvalue weighted by Gasteiger charge is 2.10. The van der Waals surface area contributed by atoms with E-state index in [1.807, 2.05) is 0 Å². The zero-order valence-corrected chi connectivity index (χ0v) is 11.3. The Labute approximate surface area is 112 Å². The molecular formula is C12H9BrClFN2. The van der Waals surface area contributed by atoms with Crippen LogP contribution in [0.15, 0.2) is 41.0 Å². The van der Waals surface area contributed by atoms with Gasteiger partial charge in [0.15, 0.2) is 5.82 Å². The van der Waals surface area contributed by atoms with Crippen LogP contribution in [0, 0.1) is 5.82 Å². The minimum absolute atomic E-state index is 0.289. The molecule has 0 fully saturated rings. The van der Waals surface area contributed by atoms with Crippen LogP contribution in [0.3, 0.4) is 0 Å². The predicted octanol–water partition coefficient (Wildman–Crippen LogP) is 4.40. The van der Waals surface area contributed by atoms with Crippen molar-refractivity contribution >= 4 is 39.0 Å². The van der Waals surface area contributed by atoms with Gasteiger partial charge >= 0.3 is 0 Å². The SMILES string of the molecule is CN(c1cccc(F)c1)c1ncc(Br)cc1Cl. The van der Waals surface area contributed by atoms with Gasteiger partial charge in [-0.1, -0.05) is 17.7 Å². The summed E-state index contributed by atoms with van der Waals surface area (Å²) in [6.45, 7) is 0. The van der Waals surface area contributed by atoms with E-state index in [-0.39, 0.29) is 5.82 Å². The molecule has 0 N–H and O–H groups in total. The number of hydrogen-bond acceptors (Lipinski definition) is 2. The summed E-state index contributed by atoms with van der Waals surface area (Å²) in [6, 6.07) is 8.02. The van der Waals surface area contributed by atoms with Crippen molar-refractivity contribution in [1.29, 1.82) is 0 Å². The van der Waals surface area contributed by atoms with Crippen molar-refractivity contribution in [3.63, 3.8) is 0 Å². The number of hydrogen-bond donors (Lipinski definition) is 0. The van der Waals surface area contributed by atoms with E-state index in [0.29, 0.717) is 16.5 Å². The smallest absolute Gasteiger partial charge is 0.151 e. The van der Waals surface area contributed by atoms with E-state index in [4.69, 9.17) is 11.6 Å². The number of rotatable bonds is 2. The molecule has 0 aliphatic carbocycles. The van der Waals surface area contributed by atoms with Crippen molar-refractivity contribution in [2.24, 2.45) is 0 Å². The van der Waals surface area contributed by atoms with Crippen molar-refractivity contribution in [3.8, 4) is 0 Å². The zero-order valence-electron chi connectivity index (χ0n) is 8.99. The molecule has 0 saturated heterocycles. The molecule has 0 saturated carbocycles. The molecule has 0 aliphatic heterocycles. The molecular weight excluding hydrogens is 307 g/mol. The Morgan fingerprint density at radius 1 is 1.35 bits per heavy atom. The predicted molar refractivity (Wildman–Crippen MR) is 71.4 cm³/mol. The Morgan fingerprint density at radius 3 is 2.76 bits per heavy atom. The van der Waals surface area contributed by atoms with Gasteiger partial charge in [-0.15, -0.1) is 0 Å². The van der Waals surface area contributed by atoms with E-state index < -0.39 is 0 Å². The quantitative estimate of drug-likeness (QED) is 0.816. The highest BCUT2D eigenvalue weighted by atomic mass is 79.9. The summed E-state index contributed by atoms with van der Waals surface area (Å²) in [6.07, 6.45) is 1.65. The molecule has 0 spiro atoms. The third kappa shape index (κ3) is 2.76. The lowest BCUT2D eigenvalue weighted by Gasteiger charge is -2.19. The van der Waals surface area contributed by atoms with Gasteiger partial charge in [0.05, 0.1) is 5.02 Å². The third-order valence-electron chi connectivity index (χ3n) is 2.30. The summed E-state index contributed by atoms with van der Waals surface area (Å²) >= 11 is 9.37. The van der Waals surface area contributed by atoms with Gasteiger partial charge < -0.3 is 4.90 Å². The summed E-state index contributed by atoms with van der Waals surface area (Å²) in [5.41, 5.74) is 0.696. The van der Waals surface area contributed by atoms with Crippen LogP contribution in [-0.2, 0) is 0 Å². The Balaban J connectivity index is 2.40. The molecule has 0 aliphatic rings. The Morgan fingerprint density at radius 2 is 2.12 bits per heavy atom. The number of halogens is 3. The maximum absolute atomic E-state index is 13.1. The van der Waals surface area contributed by atoms with Gasteiger partial charge in [-0.3, -0.25) is 0 Å². The van der Waals surface area contributed by atoms with Gasteiger partial charge in [0, 0.05) is 23.4 Å². The second-order valence-electron chi connectivity index (χ2n) is 3.50. The molecule has 2 rings (SSSR count). The summed E-state index contributed by atoms with van der Waals surface area (Å²) in [7, 11) is 1.79. The number of benzene rings is 1. The van der Waals surface area contributed by atoms with Crippen molar-refractivity contribution in [3.05, 3.63) is 51.8 Å². The molecule has 0 unspecified atom stereocenters. The average molecular weight is 316 g/mol. The Kier molecular flexibility index (Phi) is 3.64. The largest absolute Gasteiger partial charge is 0.328 e. The van der Waals surface area contributed by atoms with Crippen LogP contribution in [0.4, 0.5) is 15.9 Å². The topological polar surface area (TPSA) is 16.1 Å². The molecule has 2 aromatic rings. The van der Waals surface area contributed by atoms with Crippen molar-refractivity contribution in [2.45, 2.75) is 0 Å². The van der Waals surface area contributed by atoms with Crippen LogP contribution in [0.1, 0.15) is 0 Å². The summed E-state index contributed by atoms with van der Waals surface area (Å²) in [5.74, 6) is 0.294. The standard InChI is InChI=1S/C12H9BrClFN2/c1-17(10-4-2-3-9(15)6-10)12-11(14)5-8(13)7-16-12/h2-7H,1H3.